The third-order valence-corrected chi connectivity index (χ3v) is 7.62. The van der Waals surface area contributed by atoms with Crippen molar-refractivity contribution in [3.05, 3.63) is 64.8 Å². The number of alkyl halides is 1. The molecule has 1 aliphatic rings. The second-order valence-corrected chi connectivity index (χ2v) is 9.83. The summed E-state index contributed by atoms with van der Waals surface area (Å²) in [4.78, 5) is 20.7. The quantitative estimate of drug-likeness (QED) is 0.329. The van der Waals surface area contributed by atoms with Gasteiger partial charge in [-0.2, -0.15) is 9.61 Å². The van der Waals surface area contributed by atoms with Crippen molar-refractivity contribution < 1.29 is 13.6 Å². The van der Waals surface area contributed by atoms with Gasteiger partial charge in [0.05, 0.1) is 16.4 Å². The zero-order valence-electron chi connectivity index (χ0n) is 19.1. The largest absolute Gasteiger partial charge is 0.383 e. The highest BCUT2D eigenvalue weighted by atomic mass is 79.9. The average Bonchev–Trinajstić information content (AvgIpc) is 3.30. The normalized spacial score (nSPS) is 19.1. The molecule has 0 spiro atoms. The van der Waals surface area contributed by atoms with E-state index in [1.54, 1.807) is 12.4 Å². The number of carbonyl (C=O) groups is 1. The minimum atomic E-state index is -1.41. The Balaban J connectivity index is 1.49. The molecule has 1 saturated carbocycles. The van der Waals surface area contributed by atoms with Crippen LogP contribution < -0.4 is 5.73 Å². The van der Waals surface area contributed by atoms with E-state index in [0.717, 1.165) is 5.69 Å². The fourth-order valence-corrected chi connectivity index (χ4v) is 5.48. The molecule has 6 nitrogen and oxygen atoms in total. The Kier molecular flexibility index (Phi) is 6.35. The third-order valence-electron chi connectivity index (χ3n) is 6.81. The second-order valence-electron chi connectivity index (χ2n) is 9.03. The molecule has 0 radical (unpaired) electrons. The molecule has 4 aromatic rings. The summed E-state index contributed by atoms with van der Waals surface area (Å²) in [6, 6.07) is 10.6. The highest BCUT2D eigenvalue weighted by Crippen LogP contribution is 2.42. The van der Waals surface area contributed by atoms with Gasteiger partial charge in [0, 0.05) is 28.8 Å². The molecule has 1 atom stereocenters. The number of pyridine rings is 1. The van der Waals surface area contributed by atoms with E-state index in [1.807, 2.05) is 30.3 Å². The molecular weight excluding hydrogens is 516 g/mol. The molecule has 1 aromatic carbocycles. The topological polar surface area (TPSA) is 86.2 Å². The number of benzene rings is 1. The van der Waals surface area contributed by atoms with Crippen LogP contribution in [0.1, 0.15) is 44.2 Å². The van der Waals surface area contributed by atoms with Crippen molar-refractivity contribution in [2.24, 2.45) is 5.92 Å². The van der Waals surface area contributed by atoms with Gasteiger partial charge >= 0.3 is 0 Å². The van der Waals surface area contributed by atoms with Crippen molar-refractivity contribution in [3.63, 3.8) is 0 Å². The number of nitrogen functional groups attached to an aromatic ring is 1. The number of hydrogen-bond acceptors (Lipinski definition) is 5. The first-order valence-electron chi connectivity index (χ1n) is 11.5. The Hall–Kier alpha value is -3.20. The Morgan fingerprint density at radius 3 is 2.51 bits per heavy atom. The number of halogens is 3. The first-order valence-corrected chi connectivity index (χ1v) is 12.3. The summed E-state index contributed by atoms with van der Waals surface area (Å²) in [5.74, 6) is -0.666. The Bertz CT molecular complexity index is 1400. The van der Waals surface area contributed by atoms with E-state index < -0.39 is 17.8 Å². The van der Waals surface area contributed by atoms with Crippen LogP contribution in [0, 0.1) is 11.7 Å². The molecule has 1 aliphatic carbocycles. The second kappa shape index (κ2) is 9.45. The predicted octanol–water partition coefficient (Wildman–Crippen LogP) is 6.14. The summed E-state index contributed by atoms with van der Waals surface area (Å²) in [5.41, 5.74) is 9.78. The van der Waals surface area contributed by atoms with Gasteiger partial charge in [-0.05, 0) is 60.5 Å². The van der Waals surface area contributed by atoms with E-state index in [9.17, 15) is 9.18 Å². The van der Waals surface area contributed by atoms with Gasteiger partial charge in [0.2, 0.25) is 0 Å². The molecule has 180 valence electrons. The first kappa shape index (κ1) is 23.5. The van der Waals surface area contributed by atoms with Crippen LogP contribution in [0.5, 0.6) is 0 Å². The molecule has 5 rings (SSSR count). The van der Waals surface area contributed by atoms with Gasteiger partial charge in [-0.15, -0.1) is 0 Å². The number of nitrogens with two attached hydrogens (primary N) is 1. The maximum Gasteiger partial charge on any atom is 0.165 e. The molecule has 0 bridgehead atoms. The van der Waals surface area contributed by atoms with Crippen molar-refractivity contribution in [2.45, 2.75) is 44.7 Å². The van der Waals surface area contributed by atoms with Crippen LogP contribution in [0.3, 0.4) is 0 Å². The summed E-state index contributed by atoms with van der Waals surface area (Å²) in [6.45, 7) is 1.30. The molecule has 9 heteroatoms. The smallest absolute Gasteiger partial charge is 0.165 e. The summed E-state index contributed by atoms with van der Waals surface area (Å²) in [6.07, 6.45) is 4.40. The van der Waals surface area contributed by atoms with Crippen LogP contribution in [-0.2, 0) is 4.79 Å². The van der Waals surface area contributed by atoms with Crippen molar-refractivity contribution in [3.8, 4) is 22.4 Å². The van der Waals surface area contributed by atoms with Gasteiger partial charge in [-0.3, -0.25) is 9.78 Å². The first-order chi connectivity index (χ1) is 16.8. The van der Waals surface area contributed by atoms with Gasteiger partial charge in [-0.1, -0.05) is 30.3 Å². The minimum Gasteiger partial charge on any atom is -0.383 e. The van der Waals surface area contributed by atoms with E-state index in [2.05, 4.69) is 26.0 Å². The molecule has 3 aromatic heterocycles. The van der Waals surface area contributed by atoms with Crippen LogP contribution in [0.25, 0.3) is 28.0 Å². The zero-order chi connectivity index (χ0) is 24.7. The van der Waals surface area contributed by atoms with Gasteiger partial charge in [0.1, 0.15) is 17.3 Å². The van der Waals surface area contributed by atoms with Crippen molar-refractivity contribution in [2.75, 3.05) is 5.73 Å². The molecule has 0 amide bonds. The van der Waals surface area contributed by atoms with Crippen molar-refractivity contribution in [1.29, 1.82) is 0 Å². The van der Waals surface area contributed by atoms with E-state index in [0.29, 0.717) is 58.3 Å². The SMILES string of the molecule is CC(=O)C(F)C1CCC(c2nc3c(-c4cnc(-c5ccccc5)c(F)c4)cnn3c(N)c2Br)CC1. The van der Waals surface area contributed by atoms with Crippen LogP contribution in [-0.4, -0.2) is 31.5 Å². The lowest BCUT2D eigenvalue weighted by Gasteiger charge is -2.30. The average molecular weight is 540 g/mol. The molecule has 3 heterocycles. The lowest BCUT2D eigenvalue weighted by molar-refractivity contribution is -0.124. The van der Waals surface area contributed by atoms with Crippen LogP contribution >= 0.6 is 15.9 Å². The number of fused-ring (bicyclic) bond motifs is 1. The fraction of sp³-hybridized carbons (Fsp3) is 0.308. The molecule has 0 aliphatic heterocycles. The van der Waals surface area contributed by atoms with Crippen LogP contribution in [0.15, 0.2) is 53.3 Å². The minimum absolute atomic E-state index is 0.0603. The standard InChI is InChI=1S/C26H24BrF2N5O/c1-14(35)22(29)15-7-9-17(10-8-15)24-21(27)25(30)34-26(33-24)19(13-32-34)18-11-20(28)23(31-12-18)16-5-3-2-4-6-16/h2-6,11-13,15,17,22H,7-10,30H2,1H3. The van der Waals surface area contributed by atoms with E-state index >= 15 is 4.39 Å². The van der Waals surface area contributed by atoms with Gasteiger partial charge in [-0.25, -0.2) is 13.8 Å². The third kappa shape index (κ3) is 4.33. The fourth-order valence-electron chi connectivity index (χ4n) is 4.90. The van der Waals surface area contributed by atoms with E-state index in [1.165, 1.54) is 17.5 Å². The zero-order valence-corrected chi connectivity index (χ0v) is 20.7. The molecule has 35 heavy (non-hydrogen) atoms. The number of hydrogen-bond donors (Lipinski definition) is 1. The molecule has 2 N–H and O–H groups in total. The van der Waals surface area contributed by atoms with Gasteiger partial charge in [0.15, 0.2) is 17.6 Å². The summed E-state index contributed by atoms with van der Waals surface area (Å²) < 4.78 is 31.4. The van der Waals surface area contributed by atoms with Crippen molar-refractivity contribution in [1.82, 2.24) is 19.6 Å². The highest BCUT2D eigenvalue weighted by Gasteiger charge is 2.32. The monoisotopic (exact) mass is 539 g/mol. The number of anilines is 1. The highest BCUT2D eigenvalue weighted by molar-refractivity contribution is 9.10. The maximum absolute atomic E-state index is 15.0. The van der Waals surface area contributed by atoms with Crippen LogP contribution in [0.4, 0.5) is 14.6 Å². The van der Waals surface area contributed by atoms with Gasteiger partial charge in [0.25, 0.3) is 0 Å². The molecule has 1 fully saturated rings. The summed E-state index contributed by atoms with van der Waals surface area (Å²) >= 11 is 3.57. The molecular formula is C26H24BrF2N5O. The number of Topliss-reactive ketones (excluding diaryl/α,β-unsaturated/α-hetero) is 1. The van der Waals surface area contributed by atoms with Crippen LogP contribution in [0.2, 0.25) is 0 Å². The van der Waals surface area contributed by atoms with E-state index in [4.69, 9.17) is 10.7 Å². The van der Waals surface area contributed by atoms with Gasteiger partial charge < -0.3 is 5.73 Å². The number of aromatic nitrogens is 4. The lowest BCUT2D eigenvalue weighted by atomic mass is 9.78. The van der Waals surface area contributed by atoms with E-state index in [-0.39, 0.29) is 17.5 Å². The lowest BCUT2D eigenvalue weighted by Crippen LogP contribution is -2.27. The Morgan fingerprint density at radius 1 is 1.14 bits per heavy atom. The Morgan fingerprint density at radius 2 is 1.86 bits per heavy atom. The molecule has 1 unspecified atom stereocenters. The number of rotatable bonds is 5. The van der Waals surface area contributed by atoms with Crippen molar-refractivity contribution >= 4 is 33.2 Å². The molecule has 0 saturated heterocycles. The number of carbonyl (C=O) groups excluding carboxylic acids is 1. The number of nitrogens with zero attached hydrogens (tertiary/aromatic N) is 4. The Labute approximate surface area is 209 Å². The number of ketones is 1. The summed E-state index contributed by atoms with van der Waals surface area (Å²) in [5, 5.41) is 4.37. The summed E-state index contributed by atoms with van der Waals surface area (Å²) in [7, 11) is 0. The maximum atomic E-state index is 15.0. The predicted molar refractivity (Wildman–Crippen MR) is 134 cm³/mol.